The van der Waals surface area contributed by atoms with E-state index in [1.165, 1.54) is 5.56 Å². The normalized spacial score (nSPS) is 21.1. The number of fused-ring (bicyclic) bond motifs is 1. The lowest BCUT2D eigenvalue weighted by atomic mass is 9.85. The lowest BCUT2D eigenvalue weighted by Gasteiger charge is -2.25. The second-order valence-corrected chi connectivity index (χ2v) is 7.17. The monoisotopic (exact) mass is 343 g/mol. The van der Waals surface area contributed by atoms with Gasteiger partial charge in [-0.25, -0.2) is 0 Å². The molecular weight excluding hydrogens is 318 g/mol. The molecule has 0 spiro atoms. The van der Waals surface area contributed by atoms with Crippen molar-refractivity contribution in [1.82, 2.24) is 25.3 Å². The average molecular weight is 343 g/mol. The third kappa shape index (κ3) is 3.46. The molecule has 4 rings (SSSR count). The third-order valence-electron chi connectivity index (χ3n) is 5.40. The fraction of sp³-hybridized carbons (Fsp3) is 0.611. The zero-order chi connectivity index (χ0) is 17.2. The van der Waals surface area contributed by atoms with Gasteiger partial charge in [0.1, 0.15) is 0 Å². The lowest BCUT2D eigenvalue weighted by molar-refractivity contribution is -0.125. The number of rotatable bonds is 4. The van der Waals surface area contributed by atoms with Gasteiger partial charge in [0, 0.05) is 55.7 Å². The molecule has 2 N–H and O–H groups in total. The van der Waals surface area contributed by atoms with Crippen LogP contribution in [0, 0.1) is 11.8 Å². The Balaban J connectivity index is 1.41. The number of aromatic amines is 1. The van der Waals surface area contributed by atoms with Crippen molar-refractivity contribution in [2.45, 2.75) is 32.1 Å². The van der Waals surface area contributed by atoms with Gasteiger partial charge in [0.25, 0.3) is 0 Å². The Labute approximate surface area is 147 Å². The van der Waals surface area contributed by atoms with E-state index >= 15 is 0 Å². The summed E-state index contributed by atoms with van der Waals surface area (Å²) in [5.41, 5.74) is 4.27. The minimum Gasteiger partial charge on any atom is -0.381 e. The van der Waals surface area contributed by atoms with Gasteiger partial charge in [-0.05, 0) is 38.0 Å². The van der Waals surface area contributed by atoms with E-state index in [2.05, 4.69) is 20.6 Å². The molecule has 0 radical (unpaired) electrons. The first-order valence-electron chi connectivity index (χ1n) is 9.11. The van der Waals surface area contributed by atoms with Crippen LogP contribution in [0.15, 0.2) is 12.4 Å². The Hall–Kier alpha value is -2.15. The van der Waals surface area contributed by atoms with Crippen LogP contribution in [0.5, 0.6) is 0 Å². The Bertz CT molecular complexity index is 744. The number of aryl methyl sites for hydroxylation is 2. The van der Waals surface area contributed by atoms with Crippen LogP contribution in [0.1, 0.15) is 30.5 Å². The van der Waals surface area contributed by atoms with Crippen molar-refractivity contribution in [2.24, 2.45) is 18.9 Å². The van der Waals surface area contributed by atoms with Gasteiger partial charge in [-0.15, -0.1) is 0 Å². The molecule has 1 saturated heterocycles. The van der Waals surface area contributed by atoms with Crippen molar-refractivity contribution in [3.8, 4) is 11.3 Å². The van der Waals surface area contributed by atoms with Crippen LogP contribution in [-0.4, -0.2) is 45.6 Å². The van der Waals surface area contributed by atoms with Gasteiger partial charge >= 0.3 is 0 Å². The van der Waals surface area contributed by atoms with E-state index in [1.54, 1.807) is 4.68 Å². The largest absolute Gasteiger partial charge is 0.381 e. The van der Waals surface area contributed by atoms with Gasteiger partial charge in [0.05, 0.1) is 11.9 Å². The van der Waals surface area contributed by atoms with Crippen LogP contribution in [0.2, 0.25) is 0 Å². The minimum absolute atomic E-state index is 0.0281. The van der Waals surface area contributed by atoms with Crippen LogP contribution in [0.25, 0.3) is 11.3 Å². The summed E-state index contributed by atoms with van der Waals surface area (Å²) in [6, 6.07) is 0. The molecule has 2 aromatic rings. The van der Waals surface area contributed by atoms with Crippen molar-refractivity contribution in [2.75, 3.05) is 19.8 Å². The van der Waals surface area contributed by atoms with Crippen molar-refractivity contribution >= 4 is 5.91 Å². The van der Waals surface area contributed by atoms with E-state index in [0.29, 0.717) is 5.92 Å². The second kappa shape index (κ2) is 7.00. The molecule has 1 aliphatic heterocycles. The quantitative estimate of drug-likeness (QED) is 0.880. The Morgan fingerprint density at radius 1 is 1.40 bits per heavy atom. The first-order valence-corrected chi connectivity index (χ1v) is 9.11. The highest BCUT2D eigenvalue weighted by molar-refractivity contribution is 5.80. The summed E-state index contributed by atoms with van der Waals surface area (Å²) in [6.45, 7) is 2.40. The number of carbonyl (C=O) groups is 1. The van der Waals surface area contributed by atoms with Crippen LogP contribution < -0.4 is 5.32 Å². The zero-order valence-corrected chi connectivity index (χ0v) is 14.6. The van der Waals surface area contributed by atoms with E-state index in [0.717, 1.165) is 68.8 Å². The summed E-state index contributed by atoms with van der Waals surface area (Å²) < 4.78 is 7.16. The van der Waals surface area contributed by atoms with Crippen LogP contribution >= 0.6 is 0 Å². The van der Waals surface area contributed by atoms with E-state index in [-0.39, 0.29) is 11.8 Å². The SMILES string of the molecule is Cn1cc(-c2n[nH]c3c2CC(C(=O)NCC2CCOCC2)CC3)cn1. The number of H-pyrrole nitrogens is 1. The number of aromatic nitrogens is 4. The highest BCUT2D eigenvalue weighted by Gasteiger charge is 2.29. The average Bonchev–Trinajstić information content (AvgIpc) is 3.25. The fourth-order valence-corrected chi connectivity index (χ4v) is 3.84. The smallest absolute Gasteiger partial charge is 0.223 e. The maximum absolute atomic E-state index is 12.6. The molecule has 1 unspecified atom stereocenters. The fourth-order valence-electron chi connectivity index (χ4n) is 3.84. The Morgan fingerprint density at radius 3 is 3.00 bits per heavy atom. The second-order valence-electron chi connectivity index (χ2n) is 7.17. The van der Waals surface area contributed by atoms with E-state index in [9.17, 15) is 4.79 Å². The van der Waals surface area contributed by atoms with Crippen molar-refractivity contribution in [3.05, 3.63) is 23.7 Å². The van der Waals surface area contributed by atoms with E-state index in [1.807, 2.05) is 19.4 Å². The van der Waals surface area contributed by atoms with Crippen LogP contribution in [0.4, 0.5) is 0 Å². The molecule has 0 saturated carbocycles. The molecule has 0 bridgehead atoms. The summed E-state index contributed by atoms with van der Waals surface area (Å²) in [7, 11) is 1.90. The third-order valence-corrected chi connectivity index (χ3v) is 5.40. The lowest BCUT2D eigenvalue weighted by Crippen LogP contribution is -2.38. The van der Waals surface area contributed by atoms with Gasteiger partial charge in [0.15, 0.2) is 0 Å². The van der Waals surface area contributed by atoms with Gasteiger partial charge in [-0.3, -0.25) is 14.6 Å². The van der Waals surface area contributed by atoms with Crippen molar-refractivity contribution in [3.63, 3.8) is 0 Å². The minimum atomic E-state index is 0.0281. The number of carbonyl (C=O) groups excluding carboxylic acids is 1. The first kappa shape index (κ1) is 16.3. The highest BCUT2D eigenvalue weighted by atomic mass is 16.5. The Morgan fingerprint density at radius 2 is 2.24 bits per heavy atom. The summed E-state index contributed by atoms with van der Waals surface area (Å²) in [6.07, 6.45) is 8.37. The molecule has 1 amide bonds. The molecule has 134 valence electrons. The number of hydrogen-bond donors (Lipinski definition) is 2. The van der Waals surface area contributed by atoms with Crippen molar-refractivity contribution < 1.29 is 9.53 Å². The predicted octanol–water partition coefficient (Wildman–Crippen LogP) is 1.46. The molecule has 1 atom stereocenters. The number of ether oxygens (including phenoxy) is 1. The summed E-state index contributed by atoms with van der Waals surface area (Å²) >= 11 is 0. The predicted molar refractivity (Wildman–Crippen MR) is 92.9 cm³/mol. The topological polar surface area (TPSA) is 84.8 Å². The molecular formula is C18H25N5O2. The molecule has 2 aliphatic rings. The summed E-state index contributed by atoms with van der Waals surface area (Å²) in [5, 5.41) is 15.0. The molecule has 0 aromatic carbocycles. The number of nitrogens with zero attached hydrogens (tertiary/aromatic N) is 3. The molecule has 2 aromatic heterocycles. The number of nitrogens with one attached hydrogen (secondary N) is 2. The van der Waals surface area contributed by atoms with Crippen LogP contribution in [-0.2, 0) is 29.4 Å². The standard InChI is InChI=1S/C18H25N5O2/c1-23-11-14(10-20-23)17-15-8-13(2-3-16(15)21-22-17)18(24)19-9-12-4-6-25-7-5-12/h10-13H,2-9H2,1H3,(H,19,24)(H,21,22). The maximum Gasteiger partial charge on any atom is 0.223 e. The van der Waals surface area contributed by atoms with Gasteiger partial charge in [0.2, 0.25) is 5.91 Å². The first-order chi connectivity index (χ1) is 12.2. The summed E-state index contributed by atoms with van der Waals surface area (Å²) in [4.78, 5) is 12.6. The molecule has 7 nitrogen and oxygen atoms in total. The molecule has 1 fully saturated rings. The molecule has 1 aliphatic carbocycles. The highest BCUT2D eigenvalue weighted by Crippen LogP contribution is 2.32. The Kier molecular flexibility index (Phi) is 4.57. The molecule has 7 heteroatoms. The van der Waals surface area contributed by atoms with Crippen molar-refractivity contribution in [1.29, 1.82) is 0 Å². The molecule has 25 heavy (non-hydrogen) atoms. The van der Waals surface area contributed by atoms with Gasteiger partial charge in [-0.2, -0.15) is 10.2 Å². The van der Waals surface area contributed by atoms with E-state index < -0.39 is 0 Å². The van der Waals surface area contributed by atoms with Crippen LogP contribution in [0.3, 0.4) is 0 Å². The van der Waals surface area contributed by atoms with Gasteiger partial charge < -0.3 is 10.1 Å². The number of amides is 1. The zero-order valence-electron chi connectivity index (χ0n) is 14.6. The number of hydrogen-bond acceptors (Lipinski definition) is 4. The van der Waals surface area contributed by atoms with E-state index in [4.69, 9.17) is 4.74 Å². The van der Waals surface area contributed by atoms with Gasteiger partial charge in [-0.1, -0.05) is 0 Å². The maximum atomic E-state index is 12.6. The summed E-state index contributed by atoms with van der Waals surface area (Å²) in [5.74, 6) is 0.757. The molecule has 3 heterocycles.